The van der Waals surface area contributed by atoms with E-state index >= 15 is 0 Å². The van der Waals surface area contributed by atoms with Gasteiger partial charge in [0.2, 0.25) is 6.79 Å². The van der Waals surface area contributed by atoms with Gasteiger partial charge in [-0.2, -0.15) is 5.09 Å². The second-order valence-corrected chi connectivity index (χ2v) is 10.1. The number of aliphatic hydroxyl groups is 2. The van der Waals surface area contributed by atoms with E-state index < -0.39 is 69.1 Å². The number of aliphatic hydroxyl groups excluding tert-OH is 1. The van der Waals surface area contributed by atoms with Crippen molar-refractivity contribution in [2.45, 2.75) is 43.9 Å². The smallest absolute Gasteiger partial charge is 0.428 e. The van der Waals surface area contributed by atoms with Crippen molar-refractivity contribution in [2.75, 3.05) is 13.4 Å². The first-order valence-electron chi connectivity index (χ1n) is 11.5. The fourth-order valence-corrected chi connectivity index (χ4v) is 5.01. The number of ether oxygens (including phenoxy) is 3. The van der Waals surface area contributed by atoms with Gasteiger partial charge >= 0.3 is 19.7 Å². The second kappa shape index (κ2) is 12.4. The Morgan fingerprint density at radius 3 is 2.67 bits per heavy atom. The first-order chi connectivity index (χ1) is 18.4. The van der Waals surface area contributed by atoms with Crippen LogP contribution < -0.4 is 14.9 Å². The van der Waals surface area contributed by atoms with Crippen molar-refractivity contribution >= 4 is 25.6 Å². The van der Waals surface area contributed by atoms with Crippen LogP contribution in [-0.2, 0) is 37.7 Å². The fourth-order valence-electron chi connectivity index (χ4n) is 3.51. The maximum absolute atomic E-state index is 13.7. The Morgan fingerprint density at radius 2 is 2.05 bits per heavy atom. The van der Waals surface area contributed by atoms with E-state index in [-0.39, 0.29) is 11.6 Å². The van der Waals surface area contributed by atoms with Crippen LogP contribution in [0.1, 0.15) is 13.8 Å². The molecule has 6 atom stereocenters. The van der Waals surface area contributed by atoms with E-state index in [1.54, 1.807) is 18.2 Å². The minimum Gasteiger partial charge on any atom is -0.428 e. The third-order valence-electron chi connectivity index (χ3n) is 5.48. The average molecular weight is 565 g/mol. The van der Waals surface area contributed by atoms with E-state index in [2.05, 4.69) is 27.6 Å². The summed E-state index contributed by atoms with van der Waals surface area (Å²) in [4.78, 5) is 36.0. The van der Waals surface area contributed by atoms with Crippen LogP contribution in [0, 0.1) is 12.3 Å². The van der Waals surface area contributed by atoms with Crippen molar-refractivity contribution in [1.29, 1.82) is 0 Å². The zero-order valence-electron chi connectivity index (χ0n) is 21.0. The summed E-state index contributed by atoms with van der Waals surface area (Å²) in [5.41, 5.74) is -2.30. The number of terminal acetylenes is 1. The summed E-state index contributed by atoms with van der Waals surface area (Å²) >= 11 is 0. The number of carbonyl (C=O) groups is 3. The molecule has 0 spiro atoms. The Bertz CT molecular complexity index is 1220. The lowest BCUT2D eigenvalue weighted by molar-refractivity contribution is -0.166. The van der Waals surface area contributed by atoms with E-state index in [9.17, 15) is 29.2 Å². The van der Waals surface area contributed by atoms with Crippen LogP contribution in [0.5, 0.6) is 5.75 Å². The summed E-state index contributed by atoms with van der Waals surface area (Å²) in [6, 6.07) is 6.60. The van der Waals surface area contributed by atoms with Gasteiger partial charge in [-0.1, -0.05) is 30.7 Å². The highest BCUT2D eigenvalue weighted by atomic mass is 31.2. The lowest BCUT2D eigenvalue weighted by atomic mass is 9.94. The molecule has 2 aliphatic heterocycles. The molecule has 0 radical (unpaired) electrons. The van der Waals surface area contributed by atoms with Gasteiger partial charge in [0.1, 0.15) is 29.8 Å². The van der Waals surface area contributed by atoms with Gasteiger partial charge in [0, 0.05) is 19.2 Å². The van der Waals surface area contributed by atoms with Gasteiger partial charge in [0.25, 0.3) is 5.91 Å². The molecule has 39 heavy (non-hydrogen) atoms. The van der Waals surface area contributed by atoms with Crippen LogP contribution in [0.3, 0.4) is 0 Å². The molecule has 2 heterocycles. The van der Waals surface area contributed by atoms with Crippen LogP contribution >= 0.6 is 7.75 Å². The molecule has 4 N–H and O–H groups in total. The maximum atomic E-state index is 13.7. The number of esters is 2. The first-order valence-corrected chi connectivity index (χ1v) is 13.0. The van der Waals surface area contributed by atoms with Gasteiger partial charge < -0.3 is 39.2 Å². The number of hydrogen-bond donors (Lipinski definition) is 4. The third-order valence-corrected chi connectivity index (χ3v) is 7.12. The van der Waals surface area contributed by atoms with Crippen molar-refractivity contribution < 1.29 is 52.4 Å². The van der Waals surface area contributed by atoms with Crippen molar-refractivity contribution in [2.24, 2.45) is 0 Å². The van der Waals surface area contributed by atoms with Gasteiger partial charge in [-0.3, -0.25) is 18.9 Å². The second-order valence-electron chi connectivity index (χ2n) is 8.37. The molecule has 0 bridgehead atoms. The molecule has 15 heteroatoms. The number of para-hydroxylation sites is 1. The number of hydrogen-bond acceptors (Lipinski definition) is 12. The predicted octanol–water partition coefficient (Wildman–Crippen LogP) is 0.0988. The van der Waals surface area contributed by atoms with Crippen molar-refractivity contribution in [3.8, 4) is 18.1 Å². The van der Waals surface area contributed by atoms with Gasteiger partial charge in [0.05, 0.1) is 6.61 Å². The minimum absolute atomic E-state index is 0.0239. The number of benzene rings is 1. The summed E-state index contributed by atoms with van der Waals surface area (Å²) in [5, 5.41) is 26.7. The molecule has 1 saturated heterocycles. The molecule has 1 fully saturated rings. The molecule has 0 saturated carbocycles. The highest BCUT2D eigenvalue weighted by Crippen LogP contribution is 2.46. The predicted molar refractivity (Wildman–Crippen MR) is 133 cm³/mol. The van der Waals surface area contributed by atoms with E-state index in [4.69, 9.17) is 24.9 Å². The van der Waals surface area contributed by atoms with Crippen LogP contribution in [0.15, 0.2) is 55.0 Å². The molecule has 14 nitrogen and oxygen atoms in total. The lowest BCUT2D eigenvalue weighted by Crippen LogP contribution is -2.54. The van der Waals surface area contributed by atoms with Crippen LogP contribution in [0.2, 0.25) is 0 Å². The number of carbonyl (C=O) groups excluding carboxylic acids is 3. The zero-order valence-corrected chi connectivity index (χ0v) is 21.9. The van der Waals surface area contributed by atoms with Crippen molar-refractivity contribution in [1.82, 2.24) is 15.3 Å². The molecule has 1 aromatic rings. The third kappa shape index (κ3) is 7.24. The molecule has 2 aliphatic rings. The topological polar surface area (TPSA) is 182 Å². The van der Waals surface area contributed by atoms with Crippen molar-refractivity contribution in [3.63, 3.8) is 0 Å². The highest BCUT2D eigenvalue weighted by Gasteiger charge is 2.57. The van der Waals surface area contributed by atoms with E-state index in [0.717, 1.165) is 13.0 Å². The maximum Gasteiger partial charge on any atom is 0.459 e. The number of amides is 1. The largest absolute Gasteiger partial charge is 0.459 e. The van der Waals surface area contributed by atoms with Crippen molar-refractivity contribution in [3.05, 3.63) is 55.0 Å². The van der Waals surface area contributed by atoms with E-state index in [1.165, 1.54) is 30.2 Å². The van der Waals surface area contributed by atoms with E-state index in [1.807, 2.05) is 0 Å². The van der Waals surface area contributed by atoms with Crippen LogP contribution in [0.25, 0.3) is 0 Å². The lowest BCUT2D eigenvalue weighted by Gasteiger charge is -2.36. The minimum atomic E-state index is -4.39. The average Bonchev–Trinajstić information content (AvgIpc) is 3.13. The molecule has 0 aromatic heterocycles. The molecule has 1 amide bonds. The quantitative estimate of drug-likeness (QED) is 0.123. The van der Waals surface area contributed by atoms with Gasteiger partial charge in [0.15, 0.2) is 11.8 Å². The summed E-state index contributed by atoms with van der Waals surface area (Å²) in [5.74, 6) is 0.158. The molecule has 1 unspecified atom stereocenters. The normalized spacial score (nSPS) is 26.6. The molecule has 3 rings (SSSR count). The zero-order chi connectivity index (χ0) is 28.8. The standard InChI is InChI=1S/C24H28N3O11P/c1-5-24(32)21(30)19(37-23(24)27-12-11-20(29)25-16(27)3)13-36-39(33,38-18-9-7-6-8-10-18)26-15(2)22(31)35-14-34-17(4)28/h1,6-12,15,19,21,23,30,32H,3,13-14H2,2,4H3,(H,25,29)(H,26,33)/t15-,19+,21+,23+,24+,39?/m0/s1. The highest BCUT2D eigenvalue weighted by molar-refractivity contribution is 7.52. The molecule has 0 aliphatic carbocycles. The summed E-state index contributed by atoms with van der Waals surface area (Å²) < 4.78 is 39.8. The van der Waals surface area contributed by atoms with Crippen LogP contribution in [0.4, 0.5) is 0 Å². The van der Waals surface area contributed by atoms with Gasteiger partial charge in [-0.05, 0) is 19.1 Å². The Balaban J connectivity index is 1.76. The van der Waals surface area contributed by atoms with Gasteiger partial charge in [-0.25, -0.2) is 4.57 Å². The number of nitrogens with one attached hydrogen (secondary N) is 2. The molecule has 210 valence electrons. The molecular weight excluding hydrogens is 537 g/mol. The van der Waals surface area contributed by atoms with Gasteiger partial charge in [-0.15, -0.1) is 6.42 Å². The summed E-state index contributed by atoms with van der Waals surface area (Å²) in [6.07, 6.45) is 3.40. The molecule has 1 aromatic carbocycles. The SMILES string of the molecule is C#C[C@@]1(O)[C@H](O)[C@@H](COP(=O)(N[C@@H](C)C(=O)OCOC(C)=O)Oc2ccccc2)O[C@H]1N1C=CC(=O)NC1=C. The van der Waals surface area contributed by atoms with E-state index in [0.29, 0.717) is 0 Å². The Hall–Kier alpha value is -3.70. The summed E-state index contributed by atoms with van der Waals surface area (Å²) in [6.45, 7) is 4.82. The Kier molecular flexibility index (Phi) is 9.52. The number of rotatable bonds is 11. The Labute approximate surface area is 224 Å². The molecular formula is C24H28N3O11P. The Morgan fingerprint density at radius 1 is 1.36 bits per heavy atom. The monoisotopic (exact) mass is 565 g/mol. The number of nitrogens with zero attached hydrogens (tertiary/aromatic N) is 1. The summed E-state index contributed by atoms with van der Waals surface area (Å²) in [7, 11) is -4.39. The fraction of sp³-hybridized carbons (Fsp3) is 0.375. The van der Waals surface area contributed by atoms with Crippen LogP contribution in [-0.4, -0.2) is 76.4 Å². The first kappa shape index (κ1) is 29.9.